The van der Waals surface area contributed by atoms with E-state index in [-0.39, 0.29) is 29.9 Å². The van der Waals surface area contributed by atoms with Crippen LogP contribution in [0.25, 0.3) is 11.2 Å². The van der Waals surface area contributed by atoms with E-state index in [2.05, 4.69) is 15.0 Å². The summed E-state index contributed by atoms with van der Waals surface area (Å²) in [5.74, 6) is -0.115. The number of aliphatic hydroxyl groups is 1. The van der Waals surface area contributed by atoms with Crippen LogP contribution in [0.1, 0.15) is 6.42 Å². The minimum Gasteiger partial charge on any atom is -0.391 e. The molecular weight excluding hydrogens is 292 g/mol. The van der Waals surface area contributed by atoms with Crippen LogP contribution < -0.4 is 5.73 Å². The number of aliphatic hydroxyl groups excluding tert-OH is 1. The van der Waals surface area contributed by atoms with Gasteiger partial charge in [-0.15, -0.1) is 0 Å². The third kappa shape index (κ3) is 3.48. The Morgan fingerprint density at radius 3 is 2.80 bits per heavy atom. The molecule has 2 rings (SSSR count). The fourth-order valence-corrected chi connectivity index (χ4v) is 2.34. The fraction of sp³-hybridized carbons (Fsp3) is 0.444. The van der Waals surface area contributed by atoms with Crippen LogP contribution in [0.4, 0.5) is 10.2 Å². The number of hydrogen-bond acceptors (Lipinski definition) is 6. The van der Waals surface area contributed by atoms with Gasteiger partial charge in [0.1, 0.15) is 5.52 Å². The molecule has 0 saturated carbocycles. The number of nitrogen functional groups attached to an aromatic ring is 1. The Balaban J connectivity index is 2.16. The molecule has 9 nitrogen and oxygen atoms in total. The van der Waals surface area contributed by atoms with Crippen LogP contribution in [0.5, 0.6) is 0 Å². The minimum atomic E-state index is -4.16. The minimum absolute atomic E-state index is 0.0353. The summed E-state index contributed by atoms with van der Waals surface area (Å²) in [6.45, 7) is -0.0353. The van der Waals surface area contributed by atoms with E-state index in [1.54, 1.807) is 0 Å². The first kappa shape index (κ1) is 14.8. The second-order valence-corrected chi connectivity index (χ2v) is 6.05. The van der Waals surface area contributed by atoms with Crippen LogP contribution in [0.2, 0.25) is 0 Å². The van der Waals surface area contributed by atoms with Crippen molar-refractivity contribution in [3.05, 3.63) is 12.4 Å². The molecule has 5 N–H and O–H groups in total. The molecule has 0 aliphatic heterocycles. The summed E-state index contributed by atoms with van der Waals surface area (Å²) < 4.78 is 25.2. The van der Waals surface area contributed by atoms with Crippen molar-refractivity contribution in [1.29, 1.82) is 0 Å². The number of imidazole rings is 1. The SMILES string of the molecule is Nc1nc(F)nc2c1ncn2C[C@H](O)CCP(=O)(O)O. The summed E-state index contributed by atoms with van der Waals surface area (Å²) in [6, 6.07) is 0. The maximum atomic E-state index is 13.1. The van der Waals surface area contributed by atoms with Crippen LogP contribution >= 0.6 is 7.60 Å². The summed E-state index contributed by atoms with van der Waals surface area (Å²) in [5.41, 5.74) is 5.80. The first-order chi connectivity index (χ1) is 9.26. The van der Waals surface area contributed by atoms with Crippen LogP contribution in [-0.4, -0.2) is 46.7 Å². The van der Waals surface area contributed by atoms with E-state index in [0.29, 0.717) is 0 Å². The lowest BCUT2D eigenvalue weighted by Gasteiger charge is -2.12. The van der Waals surface area contributed by atoms with Crippen molar-refractivity contribution >= 4 is 24.6 Å². The number of nitrogens with two attached hydrogens (primary N) is 1. The Labute approximate surface area is 112 Å². The van der Waals surface area contributed by atoms with Crippen molar-refractivity contribution in [2.24, 2.45) is 0 Å². The maximum Gasteiger partial charge on any atom is 0.325 e. The third-order valence-corrected chi connectivity index (χ3v) is 3.47. The predicted octanol–water partition coefficient (Wildman–Crippen LogP) is -0.524. The van der Waals surface area contributed by atoms with Crippen LogP contribution in [0.15, 0.2) is 6.33 Å². The molecule has 2 aromatic heterocycles. The average molecular weight is 305 g/mol. The Kier molecular flexibility index (Phi) is 4.00. The Morgan fingerprint density at radius 2 is 2.15 bits per heavy atom. The molecule has 110 valence electrons. The highest BCUT2D eigenvalue weighted by molar-refractivity contribution is 7.51. The van der Waals surface area contributed by atoms with Gasteiger partial charge in [-0.3, -0.25) is 4.57 Å². The van der Waals surface area contributed by atoms with Crippen LogP contribution in [-0.2, 0) is 11.1 Å². The van der Waals surface area contributed by atoms with Crippen LogP contribution in [0.3, 0.4) is 0 Å². The second-order valence-electron chi connectivity index (χ2n) is 4.28. The Bertz CT molecular complexity index is 672. The molecule has 0 fully saturated rings. The lowest BCUT2D eigenvalue weighted by molar-refractivity contribution is 0.149. The van der Waals surface area contributed by atoms with Crippen LogP contribution in [0, 0.1) is 6.08 Å². The average Bonchev–Trinajstić information content (AvgIpc) is 2.69. The molecule has 0 spiro atoms. The van der Waals surface area contributed by atoms with Gasteiger partial charge >= 0.3 is 13.7 Å². The van der Waals surface area contributed by atoms with E-state index >= 15 is 0 Å². The predicted molar refractivity (Wildman–Crippen MR) is 67.2 cm³/mol. The lowest BCUT2D eigenvalue weighted by Crippen LogP contribution is -2.17. The molecule has 11 heteroatoms. The van der Waals surface area contributed by atoms with Gasteiger partial charge in [0.15, 0.2) is 11.5 Å². The molecule has 0 radical (unpaired) electrons. The van der Waals surface area contributed by atoms with Gasteiger partial charge in [0.05, 0.1) is 25.1 Å². The fourth-order valence-electron chi connectivity index (χ4n) is 1.71. The highest BCUT2D eigenvalue weighted by Gasteiger charge is 2.18. The second kappa shape index (κ2) is 5.41. The van der Waals surface area contributed by atoms with E-state index in [1.807, 2.05) is 0 Å². The van der Waals surface area contributed by atoms with Gasteiger partial charge < -0.3 is 25.2 Å². The monoisotopic (exact) mass is 305 g/mol. The first-order valence-corrected chi connectivity index (χ1v) is 7.42. The number of fused-ring (bicyclic) bond motifs is 1. The Morgan fingerprint density at radius 1 is 1.45 bits per heavy atom. The summed E-state index contributed by atoms with van der Waals surface area (Å²) in [6.07, 6.45) is -1.28. The number of hydrogen-bond donors (Lipinski definition) is 4. The Hall–Kier alpha value is -1.61. The number of rotatable bonds is 5. The topological polar surface area (TPSA) is 147 Å². The normalized spacial score (nSPS) is 13.8. The third-order valence-electron chi connectivity index (χ3n) is 2.62. The van der Waals surface area contributed by atoms with Gasteiger partial charge in [-0.1, -0.05) is 0 Å². The summed E-state index contributed by atoms with van der Waals surface area (Å²) in [4.78, 5) is 28.2. The highest BCUT2D eigenvalue weighted by Crippen LogP contribution is 2.35. The summed E-state index contributed by atoms with van der Waals surface area (Å²) >= 11 is 0. The zero-order valence-electron chi connectivity index (χ0n) is 10.2. The van der Waals surface area contributed by atoms with Gasteiger partial charge in [-0.2, -0.15) is 14.4 Å². The van der Waals surface area contributed by atoms with E-state index < -0.39 is 25.9 Å². The van der Waals surface area contributed by atoms with Gasteiger partial charge in [-0.25, -0.2) is 4.98 Å². The largest absolute Gasteiger partial charge is 0.391 e. The van der Waals surface area contributed by atoms with Gasteiger partial charge in [0.2, 0.25) is 0 Å². The van der Waals surface area contributed by atoms with Crippen molar-refractivity contribution in [3.8, 4) is 0 Å². The molecule has 0 aliphatic carbocycles. The molecule has 1 atom stereocenters. The molecule has 0 aliphatic rings. The van der Waals surface area contributed by atoms with Gasteiger partial charge in [0.25, 0.3) is 0 Å². The number of aromatic nitrogens is 4. The lowest BCUT2D eigenvalue weighted by atomic mass is 10.3. The van der Waals surface area contributed by atoms with E-state index in [1.165, 1.54) is 10.9 Å². The summed E-state index contributed by atoms with van der Waals surface area (Å²) in [7, 11) is -4.16. The molecule has 0 bridgehead atoms. The number of halogens is 1. The number of anilines is 1. The quantitative estimate of drug-likeness (QED) is 0.426. The van der Waals surface area contributed by atoms with Crippen molar-refractivity contribution < 1.29 is 23.8 Å². The zero-order valence-corrected chi connectivity index (χ0v) is 11.1. The highest BCUT2D eigenvalue weighted by atomic mass is 31.2. The van der Waals surface area contributed by atoms with Gasteiger partial charge in [0, 0.05) is 0 Å². The van der Waals surface area contributed by atoms with E-state index in [9.17, 15) is 14.1 Å². The molecule has 0 saturated heterocycles. The molecule has 2 aromatic rings. The molecule has 0 amide bonds. The molecule has 2 heterocycles. The standard InChI is InChI=1S/C9H13FN5O4P/c10-9-13-7(11)6-8(14-9)15(4-12-6)3-5(16)1-2-20(17,18)19/h4-5,16H,1-3H2,(H2,11,13,14)(H2,17,18,19)/t5-/m1/s1. The summed E-state index contributed by atoms with van der Waals surface area (Å²) in [5, 5.41) is 9.72. The van der Waals surface area contributed by atoms with Crippen molar-refractivity contribution in [1.82, 2.24) is 19.5 Å². The van der Waals surface area contributed by atoms with Gasteiger partial charge in [-0.05, 0) is 6.42 Å². The molecule has 0 aromatic carbocycles. The molecular formula is C9H13FN5O4P. The van der Waals surface area contributed by atoms with E-state index in [0.717, 1.165) is 0 Å². The van der Waals surface area contributed by atoms with Crippen molar-refractivity contribution in [2.75, 3.05) is 11.9 Å². The first-order valence-electron chi connectivity index (χ1n) is 5.63. The van der Waals surface area contributed by atoms with Crippen molar-refractivity contribution in [3.63, 3.8) is 0 Å². The maximum absolute atomic E-state index is 13.1. The number of nitrogens with zero attached hydrogens (tertiary/aromatic N) is 4. The smallest absolute Gasteiger partial charge is 0.325 e. The molecule has 0 unspecified atom stereocenters. The van der Waals surface area contributed by atoms with Crippen molar-refractivity contribution in [2.45, 2.75) is 19.1 Å². The zero-order chi connectivity index (χ0) is 14.9. The molecule has 20 heavy (non-hydrogen) atoms. The van der Waals surface area contributed by atoms with E-state index in [4.69, 9.17) is 15.5 Å².